The molecule has 1 aromatic carbocycles. The van der Waals surface area contributed by atoms with E-state index in [1.807, 2.05) is 46.8 Å². The molecule has 0 bridgehead atoms. The third kappa shape index (κ3) is 3.23. The highest BCUT2D eigenvalue weighted by atomic mass is 16.2. The summed E-state index contributed by atoms with van der Waals surface area (Å²) in [4.78, 5) is 16.4. The number of nitrogens with one attached hydrogen (secondary N) is 2. The van der Waals surface area contributed by atoms with Crippen LogP contribution >= 0.6 is 0 Å². The van der Waals surface area contributed by atoms with E-state index in [0.29, 0.717) is 5.82 Å². The molecular weight excluding hydrogens is 252 g/mol. The second-order valence-corrected chi connectivity index (χ2v) is 6.09. The molecule has 1 heterocycles. The van der Waals surface area contributed by atoms with Gasteiger partial charge in [-0.15, -0.1) is 5.10 Å². The fourth-order valence-electron chi connectivity index (χ4n) is 1.93. The third-order valence-corrected chi connectivity index (χ3v) is 2.88. The van der Waals surface area contributed by atoms with Gasteiger partial charge in [0.15, 0.2) is 0 Å². The average Bonchev–Trinajstić information content (AvgIpc) is 2.75. The first-order valence-corrected chi connectivity index (χ1v) is 6.58. The Kier molecular flexibility index (Phi) is 3.61. The molecule has 5 nitrogen and oxygen atoms in total. The summed E-state index contributed by atoms with van der Waals surface area (Å²) in [5, 5.41) is 9.61. The van der Waals surface area contributed by atoms with Gasteiger partial charge in [0.25, 0.3) is 5.91 Å². The zero-order valence-corrected chi connectivity index (χ0v) is 12.5. The standard InChI is InChI=1S/C15H20N4O/c1-9-6-10(2)8-11(7-9)16-13(20)12-17-14(19-18-12)15(3,4)5/h6-8H,1-5H3,(H,16,20)(H,17,18,19). The minimum absolute atomic E-state index is 0.161. The van der Waals surface area contributed by atoms with Crippen LogP contribution in [-0.2, 0) is 5.41 Å². The molecule has 0 saturated heterocycles. The summed E-state index contributed by atoms with van der Waals surface area (Å²) in [5.41, 5.74) is 2.80. The molecule has 1 amide bonds. The quantitative estimate of drug-likeness (QED) is 0.883. The number of aryl methyl sites for hydroxylation is 2. The van der Waals surface area contributed by atoms with Crippen molar-refractivity contribution in [3.05, 3.63) is 41.0 Å². The number of benzene rings is 1. The lowest BCUT2D eigenvalue weighted by Gasteiger charge is -2.12. The average molecular weight is 272 g/mol. The summed E-state index contributed by atoms with van der Waals surface area (Å²) >= 11 is 0. The molecule has 0 fully saturated rings. The molecule has 0 atom stereocenters. The Morgan fingerprint density at radius 1 is 1.15 bits per heavy atom. The first-order valence-electron chi connectivity index (χ1n) is 6.58. The minimum Gasteiger partial charge on any atom is -0.319 e. The lowest BCUT2D eigenvalue weighted by molar-refractivity contribution is 0.101. The predicted molar refractivity (Wildman–Crippen MR) is 79.0 cm³/mol. The van der Waals surface area contributed by atoms with Crippen LogP contribution in [-0.4, -0.2) is 21.1 Å². The lowest BCUT2D eigenvalue weighted by Crippen LogP contribution is -2.16. The van der Waals surface area contributed by atoms with Gasteiger partial charge in [0.1, 0.15) is 5.82 Å². The summed E-state index contributed by atoms with van der Waals surface area (Å²) in [6, 6.07) is 5.89. The highest BCUT2D eigenvalue weighted by Gasteiger charge is 2.21. The monoisotopic (exact) mass is 272 g/mol. The molecule has 0 unspecified atom stereocenters. The van der Waals surface area contributed by atoms with Gasteiger partial charge in [0, 0.05) is 11.1 Å². The van der Waals surface area contributed by atoms with Crippen molar-refractivity contribution in [1.29, 1.82) is 0 Å². The maximum absolute atomic E-state index is 12.1. The molecule has 106 valence electrons. The van der Waals surface area contributed by atoms with Crippen molar-refractivity contribution >= 4 is 11.6 Å². The third-order valence-electron chi connectivity index (χ3n) is 2.88. The molecule has 2 N–H and O–H groups in total. The SMILES string of the molecule is Cc1cc(C)cc(NC(=O)c2n[nH]c(C(C)(C)C)n2)c1. The Labute approximate surface area is 118 Å². The molecule has 0 spiro atoms. The van der Waals surface area contributed by atoms with Crippen molar-refractivity contribution in [3.63, 3.8) is 0 Å². The van der Waals surface area contributed by atoms with Gasteiger partial charge in [-0.25, -0.2) is 4.98 Å². The van der Waals surface area contributed by atoms with Crippen molar-refractivity contribution < 1.29 is 4.79 Å². The van der Waals surface area contributed by atoms with Crippen LogP contribution in [0.15, 0.2) is 18.2 Å². The Balaban J connectivity index is 2.18. The van der Waals surface area contributed by atoms with Crippen LogP contribution < -0.4 is 5.32 Å². The number of carbonyl (C=O) groups excluding carboxylic acids is 1. The number of amides is 1. The van der Waals surface area contributed by atoms with E-state index in [9.17, 15) is 4.79 Å². The molecule has 0 aliphatic heterocycles. The first kappa shape index (κ1) is 14.2. The van der Waals surface area contributed by atoms with E-state index in [2.05, 4.69) is 26.6 Å². The number of aromatic amines is 1. The van der Waals surface area contributed by atoms with Crippen LogP contribution in [0.2, 0.25) is 0 Å². The van der Waals surface area contributed by atoms with Crippen LogP contribution in [0.5, 0.6) is 0 Å². The van der Waals surface area contributed by atoms with Gasteiger partial charge in [0.2, 0.25) is 5.82 Å². The Hall–Kier alpha value is -2.17. The van der Waals surface area contributed by atoms with Gasteiger partial charge in [-0.2, -0.15) is 0 Å². The maximum Gasteiger partial charge on any atom is 0.295 e. The summed E-state index contributed by atoms with van der Waals surface area (Å²) < 4.78 is 0. The van der Waals surface area contributed by atoms with Gasteiger partial charge < -0.3 is 5.32 Å². The molecule has 2 rings (SSSR count). The highest BCUT2D eigenvalue weighted by molar-refractivity contribution is 6.01. The molecule has 20 heavy (non-hydrogen) atoms. The van der Waals surface area contributed by atoms with Crippen LogP contribution in [0.4, 0.5) is 5.69 Å². The zero-order valence-electron chi connectivity index (χ0n) is 12.5. The predicted octanol–water partition coefficient (Wildman–Crippen LogP) is 2.97. The number of rotatable bonds is 2. The van der Waals surface area contributed by atoms with Crippen molar-refractivity contribution in [2.24, 2.45) is 0 Å². The van der Waals surface area contributed by atoms with Crippen LogP contribution in [0.25, 0.3) is 0 Å². The van der Waals surface area contributed by atoms with E-state index in [0.717, 1.165) is 16.8 Å². The second-order valence-electron chi connectivity index (χ2n) is 6.09. The number of hydrogen-bond donors (Lipinski definition) is 2. The maximum atomic E-state index is 12.1. The fourth-order valence-corrected chi connectivity index (χ4v) is 1.93. The summed E-state index contributed by atoms with van der Waals surface area (Å²) in [6.07, 6.45) is 0. The number of carbonyl (C=O) groups is 1. The van der Waals surface area contributed by atoms with E-state index >= 15 is 0 Å². The van der Waals surface area contributed by atoms with Crippen LogP contribution in [0.3, 0.4) is 0 Å². The number of anilines is 1. The van der Waals surface area contributed by atoms with Crippen molar-refractivity contribution in [1.82, 2.24) is 15.2 Å². The Morgan fingerprint density at radius 2 is 1.75 bits per heavy atom. The molecule has 5 heteroatoms. The first-order chi connectivity index (χ1) is 9.25. The van der Waals surface area contributed by atoms with Crippen LogP contribution in [0, 0.1) is 13.8 Å². The summed E-state index contributed by atoms with van der Waals surface area (Å²) in [6.45, 7) is 10.0. The van der Waals surface area contributed by atoms with Gasteiger partial charge in [-0.3, -0.25) is 9.89 Å². The number of H-pyrrole nitrogens is 1. The Bertz CT molecular complexity index is 617. The summed E-state index contributed by atoms with van der Waals surface area (Å²) in [5.74, 6) is 0.555. The molecule has 2 aromatic rings. The van der Waals surface area contributed by atoms with Gasteiger partial charge in [-0.1, -0.05) is 26.8 Å². The molecule has 0 saturated carbocycles. The Morgan fingerprint density at radius 3 is 2.25 bits per heavy atom. The van der Waals surface area contributed by atoms with E-state index in [1.54, 1.807) is 0 Å². The normalized spacial score (nSPS) is 11.4. The summed E-state index contributed by atoms with van der Waals surface area (Å²) in [7, 11) is 0. The zero-order chi connectivity index (χ0) is 14.9. The molecule has 0 aliphatic rings. The fraction of sp³-hybridized carbons (Fsp3) is 0.400. The van der Waals surface area contributed by atoms with Gasteiger partial charge in [-0.05, 0) is 37.1 Å². The van der Waals surface area contributed by atoms with E-state index < -0.39 is 0 Å². The van der Waals surface area contributed by atoms with Crippen LogP contribution in [0.1, 0.15) is 48.3 Å². The van der Waals surface area contributed by atoms with Gasteiger partial charge in [0.05, 0.1) is 0 Å². The number of nitrogens with zero attached hydrogens (tertiary/aromatic N) is 2. The second kappa shape index (κ2) is 5.07. The van der Waals surface area contributed by atoms with Crippen molar-refractivity contribution in [2.75, 3.05) is 5.32 Å². The van der Waals surface area contributed by atoms with E-state index in [-0.39, 0.29) is 17.1 Å². The topological polar surface area (TPSA) is 70.7 Å². The van der Waals surface area contributed by atoms with Crippen molar-refractivity contribution in [2.45, 2.75) is 40.0 Å². The lowest BCUT2D eigenvalue weighted by atomic mass is 9.96. The smallest absolute Gasteiger partial charge is 0.295 e. The van der Waals surface area contributed by atoms with E-state index in [1.165, 1.54) is 0 Å². The van der Waals surface area contributed by atoms with E-state index in [4.69, 9.17) is 0 Å². The number of hydrogen-bond acceptors (Lipinski definition) is 3. The number of aromatic nitrogens is 3. The molecule has 1 aromatic heterocycles. The minimum atomic E-state index is -0.304. The van der Waals surface area contributed by atoms with Gasteiger partial charge >= 0.3 is 0 Å². The largest absolute Gasteiger partial charge is 0.319 e. The molecular formula is C15H20N4O. The molecule has 0 radical (unpaired) electrons. The molecule has 0 aliphatic carbocycles. The van der Waals surface area contributed by atoms with Crippen molar-refractivity contribution in [3.8, 4) is 0 Å². The highest BCUT2D eigenvalue weighted by Crippen LogP contribution is 2.18.